The quantitative estimate of drug-likeness (QED) is 0.814. The molecule has 24 heavy (non-hydrogen) atoms. The monoisotopic (exact) mass is 329 g/mol. The van der Waals surface area contributed by atoms with Crippen LogP contribution in [-0.4, -0.2) is 31.7 Å². The molecule has 1 amide bonds. The van der Waals surface area contributed by atoms with Crippen LogP contribution >= 0.6 is 0 Å². The van der Waals surface area contributed by atoms with Gasteiger partial charge in [0.2, 0.25) is 0 Å². The van der Waals surface area contributed by atoms with Gasteiger partial charge >= 0.3 is 0 Å². The Bertz CT molecular complexity index is 684. The molecular weight excluding hydrogens is 306 g/mol. The first-order valence-electron chi connectivity index (χ1n) is 7.76. The largest absolute Gasteiger partial charge is 0.493 e. The van der Waals surface area contributed by atoms with E-state index in [1.165, 1.54) is 0 Å². The van der Waals surface area contributed by atoms with Crippen molar-refractivity contribution in [2.75, 3.05) is 31.4 Å². The zero-order valence-electron chi connectivity index (χ0n) is 14.4. The van der Waals surface area contributed by atoms with Crippen molar-refractivity contribution in [2.24, 2.45) is 5.92 Å². The number of carbonyl (C=O) groups is 1. The van der Waals surface area contributed by atoms with Crippen LogP contribution in [0.25, 0.3) is 0 Å². The van der Waals surface area contributed by atoms with Crippen LogP contribution in [0.2, 0.25) is 0 Å². The first-order chi connectivity index (χ1) is 11.5. The summed E-state index contributed by atoms with van der Waals surface area (Å²) < 4.78 is 10.4. The first kappa shape index (κ1) is 17.6. The minimum absolute atomic E-state index is 0.231. The lowest BCUT2D eigenvalue weighted by Crippen LogP contribution is -2.13. The lowest BCUT2D eigenvalue weighted by Gasteiger charge is -2.11. The molecule has 1 heterocycles. The smallest absolute Gasteiger partial charge is 0.257 e. The lowest BCUT2D eigenvalue weighted by molar-refractivity contribution is 0.102. The Kier molecular flexibility index (Phi) is 6.01. The van der Waals surface area contributed by atoms with Crippen LogP contribution in [0.15, 0.2) is 36.5 Å². The predicted octanol–water partition coefficient (Wildman–Crippen LogP) is 3.42. The fraction of sp³-hybridized carbons (Fsp3) is 0.333. The first-order valence-corrected chi connectivity index (χ1v) is 7.76. The summed E-state index contributed by atoms with van der Waals surface area (Å²) in [7, 11) is 3.12. The maximum Gasteiger partial charge on any atom is 0.257 e. The molecule has 1 aromatic heterocycles. The molecule has 0 saturated heterocycles. The van der Waals surface area contributed by atoms with E-state index in [1.807, 2.05) is 0 Å². The number of pyridine rings is 1. The summed E-state index contributed by atoms with van der Waals surface area (Å²) >= 11 is 0. The molecule has 0 fully saturated rings. The molecule has 0 unspecified atom stereocenters. The van der Waals surface area contributed by atoms with E-state index >= 15 is 0 Å². The van der Waals surface area contributed by atoms with Crippen molar-refractivity contribution < 1.29 is 14.3 Å². The van der Waals surface area contributed by atoms with E-state index in [0.29, 0.717) is 28.7 Å². The topological polar surface area (TPSA) is 72.5 Å². The Morgan fingerprint density at radius 2 is 1.88 bits per heavy atom. The minimum Gasteiger partial charge on any atom is -0.493 e. The average molecular weight is 329 g/mol. The number of anilines is 2. The van der Waals surface area contributed by atoms with Crippen molar-refractivity contribution >= 4 is 17.4 Å². The van der Waals surface area contributed by atoms with Gasteiger partial charge in [-0.15, -0.1) is 0 Å². The van der Waals surface area contributed by atoms with E-state index in [0.717, 1.165) is 12.4 Å². The highest BCUT2D eigenvalue weighted by molar-refractivity contribution is 6.04. The van der Waals surface area contributed by atoms with Gasteiger partial charge < -0.3 is 20.1 Å². The van der Waals surface area contributed by atoms with Crippen LogP contribution in [0.4, 0.5) is 11.5 Å². The van der Waals surface area contributed by atoms with Crippen molar-refractivity contribution in [2.45, 2.75) is 13.8 Å². The molecule has 0 aliphatic heterocycles. The normalized spacial score (nSPS) is 10.4. The van der Waals surface area contributed by atoms with Gasteiger partial charge in [0.1, 0.15) is 5.82 Å². The summed E-state index contributed by atoms with van der Waals surface area (Å²) in [6.45, 7) is 5.08. The third-order valence-corrected chi connectivity index (χ3v) is 3.36. The fourth-order valence-electron chi connectivity index (χ4n) is 2.06. The van der Waals surface area contributed by atoms with Crippen molar-refractivity contribution in [1.29, 1.82) is 0 Å². The molecular formula is C18H23N3O3. The summed E-state index contributed by atoms with van der Waals surface area (Å²) in [6, 6.07) is 8.75. The summed E-state index contributed by atoms with van der Waals surface area (Å²) in [5.74, 6) is 2.22. The van der Waals surface area contributed by atoms with Crippen LogP contribution in [0, 0.1) is 5.92 Å². The zero-order chi connectivity index (χ0) is 17.5. The van der Waals surface area contributed by atoms with Crippen LogP contribution in [-0.2, 0) is 0 Å². The van der Waals surface area contributed by atoms with Gasteiger partial charge in [-0.05, 0) is 30.2 Å². The van der Waals surface area contributed by atoms with E-state index in [-0.39, 0.29) is 5.91 Å². The molecule has 0 bridgehead atoms. The van der Waals surface area contributed by atoms with E-state index in [9.17, 15) is 4.79 Å². The van der Waals surface area contributed by atoms with E-state index in [2.05, 4.69) is 29.5 Å². The molecule has 0 spiro atoms. The highest BCUT2D eigenvalue weighted by Crippen LogP contribution is 2.29. The maximum absolute atomic E-state index is 12.3. The number of benzene rings is 1. The third-order valence-electron chi connectivity index (χ3n) is 3.36. The molecule has 2 N–H and O–H groups in total. The molecule has 0 aliphatic rings. The Labute approximate surface area is 142 Å². The van der Waals surface area contributed by atoms with Crippen LogP contribution in [0.1, 0.15) is 24.2 Å². The maximum atomic E-state index is 12.3. The Hall–Kier alpha value is -2.76. The summed E-state index contributed by atoms with van der Waals surface area (Å²) in [4.78, 5) is 16.6. The summed E-state index contributed by atoms with van der Waals surface area (Å²) in [5.41, 5.74) is 1.11. The van der Waals surface area contributed by atoms with Crippen molar-refractivity contribution in [3.8, 4) is 11.5 Å². The molecule has 2 aromatic rings. The van der Waals surface area contributed by atoms with Gasteiger partial charge in [-0.25, -0.2) is 4.98 Å². The van der Waals surface area contributed by atoms with Gasteiger partial charge in [-0.2, -0.15) is 0 Å². The number of nitrogens with zero attached hydrogens (tertiary/aromatic N) is 1. The van der Waals surface area contributed by atoms with Gasteiger partial charge in [-0.3, -0.25) is 4.79 Å². The molecule has 0 radical (unpaired) electrons. The third kappa shape index (κ3) is 4.62. The number of aromatic nitrogens is 1. The van der Waals surface area contributed by atoms with Gasteiger partial charge in [0, 0.05) is 24.5 Å². The number of ether oxygens (including phenoxy) is 2. The lowest BCUT2D eigenvalue weighted by atomic mass is 10.2. The number of methoxy groups -OCH3 is 2. The minimum atomic E-state index is -0.231. The number of carbonyl (C=O) groups excluding carboxylic acids is 1. The predicted molar refractivity (Wildman–Crippen MR) is 95.1 cm³/mol. The van der Waals surface area contributed by atoms with E-state index < -0.39 is 0 Å². The molecule has 2 rings (SSSR count). The van der Waals surface area contributed by atoms with E-state index in [4.69, 9.17) is 9.47 Å². The number of amides is 1. The van der Waals surface area contributed by atoms with Crippen LogP contribution < -0.4 is 20.1 Å². The van der Waals surface area contributed by atoms with Gasteiger partial charge in [0.25, 0.3) is 5.91 Å². The Morgan fingerprint density at radius 3 is 2.46 bits per heavy atom. The molecule has 0 atom stereocenters. The molecule has 6 nitrogen and oxygen atoms in total. The van der Waals surface area contributed by atoms with Gasteiger partial charge in [0.05, 0.1) is 19.8 Å². The molecule has 0 saturated carbocycles. The summed E-state index contributed by atoms with van der Waals surface area (Å²) in [5, 5.41) is 6.03. The van der Waals surface area contributed by atoms with Crippen LogP contribution in [0.3, 0.4) is 0 Å². The molecule has 1 aromatic carbocycles. The number of hydrogen-bond donors (Lipinski definition) is 2. The second-order valence-electron chi connectivity index (χ2n) is 5.73. The second-order valence-corrected chi connectivity index (χ2v) is 5.73. The highest BCUT2D eigenvalue weighted by Gasteiger charge is 2.10. The molecule has 0 aliphatic carbocycles. The Balaban J connectivity index is 2.04. The standard InChI is InChI=1S/C18H23N3O3/c1-12(2)10-19-17-8-5-13(11-20-17)18(22)21-14-6-7-15(23-3)16(9-14)24-4/h5-9,11-12H,10H2,1-4H3,(H,19,20)(H,21,22). The number of rotatable bonds is 7. The zero-order valence-corrected chi connectivity index (χ0v) is 14.4. The average Bonchev–Trinajstić information content (AvgIpc) is 2.60. The van der Waals surface area contributed by atoms with Crippen molar-refractivity contribution in [3.05, 3.63) is 42.1 Å². The molecule has 6 heteroatoms. The highest BCUT2D eigenvalue weighted by atomic mass is 16.5. The Morgan fingerprint density at radius 1 is 1.12 bits per heavy atom. The van der Waals surface area contributed by atoms with Crippen molar-refractivity contribution in [3.63, 3.8) is 0 Å². The summed E-state index contributed by atoms with van der Waals surface area (Å²) in [6.07, 6.45) is 1.55. The molecule has 128 valence electrons. The van der Waals surface area contributed by atoms with Gasteiger partial charge in [-0.1, -0.05) is 13.8 Å². The second kappa shape index (κ2) is 8.19. The number of nitrogens with one attached hydrogen (secondary N) is 2. The van der Waals surface area contributed by atoms with Crippen LogP contribution in [0.5, 0.6) is 11.5 Å². The number of hydrogen-bond acceptors (Lipinski definition) is 5. The van der Waals surface area contributed by atoms with E-state index in [1.54, 1.807) is 50.7 Å². The van der Waals surface area contributed by atoms with Crippen molar-refractivity contribution in [1.82, 2.24) is 4.98 Å². The SMILES string of the molecule is COc1ccc(NC(=O)c2ccc(NCC(C)C)nc2)cc1OC. The fourth-order valence-corrected chi connectivity index (χ4v) is 2.06. The van der Waals surface area contributed by atoms with Gasteiger partial charge in [0.15, 0.2) is 11.5 Å².